The van der Waals surface area contributed by atoms with Gasteiger partial charge in [-0.15, -0.1) is 0 Å². The summed E-state index contributed by atoms with van der Waals surface area (Å²) < 4.78 is 0. The second-order valence-corrected chi connectivity index (χ2v) is 5.97. The molecule has 1 aliphatic heterocycles. The number of H-pyrrole nitrogens is 1. The topological polar surface area (TPSA) is 44.8 Å². The van der Waals surface area contributed by atoms with E-state index in [-0.39, 0.29) is 0 Å². The van der Waals surface area contributed by atoms with Gasteiger partial charge in [-0.2, -0.15) is 5.10 Å². The summed E-state index contributed by atoms with van der Waals surface area (Å²) in [5.41, 5.74) is 1.38. The Bertz CT molecular complexity index is 573. The van der Waals surface area contributed by atoms with E-state index in [1.807, 2.05) is 0 Å². The van der Waals surface area contributed by atoms with Crippen LogP contribution in [0.5, 0.6) is 0 Å². The van der Waals surface area contributed by atoms with Crippen LogP contribution in [-0.4, -0.2) is 26.6 Å². The van der Waals surface area contributed by atoms with Crippen molar-refractivity contribution in [2.45, 2.75) is 44.2 Å². The minimum Gasteiger partial charge on any atom is -0.289 e. The van der Waals surface area contributed by atoms with Crippen LogP contribution in [0.25, 0.3) is 0 Å². The smallest absolute Gasteiger partial charge is 0.153 e. The quantitative estimate of drug-likeness (QED) is 0.927. The van der Waals surface area contributed by atoms with Gasteiger partial charge in [0.1, 0.15) is 5.82 Å². The summed E-state index contributed by atoms with van der Waals surface area (Å²) >= 11 is 0. The molecule has 20 heavy (non-hydrogen) atoms. The first kappa shape index (κ1) is 12.1. The van der Waals surface area contributed by atoms with Gasteiger partial charge >= 0.3 is 0 Å². The third-order valence-electron chi connectivity index (χ3n) is 4.37. The van der Waals surface area contributed by atoms with Crippen LogP contribution in [0.3, 0.4) is 0 Å². The van der Waals surface area contributed by atoms with Gasteiger partial charge in [-0.25, -0.2) is 4.98 Å². The van der Waals surface area contributed by atoms with Crippen molar-refractivity contribution in [2.75, 3.05) is 6.54 Å². The number of nitrogens with one attached hydrogen (secondary N) is 1. The molecule has 1 aromatic heterocycles. The van der Waals surface area contributed by atoms with E-state index in [9.17, 15) is 0 Å². The molecular weight excluding hydrogens is 248 g/mol. The first-order chi connectivity index (χ1) is 9.90. The Morgan fingerprint density at radius 1 is 1.15 bits per heavy atom. The molecule has 1 N–H and O–H groups in total. The molecular formula is C16H20N4. The summed E-state index contributed by atoms with van der Waals surface area (Å²) in [5.74, 6) is 2.73. The molecule has 2 aliphatic rings. The predicted molar refractivity (Wildman–Crippen MR) is 77.2 cm³/mol. The fourth-order valence-corrected chi connectivity index (χ4v) is 3.10. The number of aromatic nitrogens is 3. The Morgan fingerprint density at radius 2 is 2.00 bits per heavy atom. The van der Waals surface area contributed by atoms with Crippen molar-refractivity contribution in [3.8, 4) is 0 Å². The molecule has 0 spiro atoms. The van der Waals surface area contributed by atoms with E-state index in [1.54, 1.807) is 0 Å². The highest BCUT2D eigenvalue weighted by molar-refractivity contribution is 5.15. The zero-order valence-corrected chi connectivity index (χ0v) is 11.6. The van der Waals surface area contributed by atoms with Crippen LogP contribution in [0, 0.1) is 0 Å². The second-order valence-electron chi connectivity index (χ2n) is 5.97. The maximum absolute atomic E-state index is 4.74. The summed E-state index contributed by atoms with van der Waals surface area (Å²) in [5, 5.41) is 7.58. The zero-order chi connectivity index (χ0) is 13.4. The maximum Gasteiger partial charge on any atom is 0.153 e. The van der Waals surface area contributed by atoms with Crippen LogP contribution in [0.1, 0.15) is 54.9 Å². The number of nitrogens with zero attached hydrogens (tertiary/aromatic N) is 3. The molecule has 0 amide bonds. The van der Waals surface area contributed by atoms with Gasteiger partial charge in [0, 0.05) is 12.5 Å². The van der Waals surface area contributed by atoms with Gasteiger partial charge in [0.25, 0.3) is 0 Å². The minimum atomic E-state index is 0.412. The highest BCUT2D eigenvalue weighted by Gasteiger charge is 2.32. The van der Waals surface area contributed by atoms with Crippen molar-refractivity contribution < 1.29 is 0 Å². The summed E-state index contributed by atoms with van der Waals surface area (Å²) in [7, 11) is 0. The van der Waals surface area contributed by atoms with Crippen molar-refractivity contribution in [3.05, 3.63) is 47.5 Å². The average molecular weight is 268 g/mol. The van der Waals surface area contributed by atoms with Crippen molar-refractivity contribution in [1.82, 2.24) is 20.1 Å². The molecule has 4 rings (SSSR count). The molecule has 1 aromatic carbocycles. The number of aromatic amines is 1. The van der Waals surface area contributed by atoms with E-state index in [0.717, 1.165) is 24.7 Å². The van der Waals surface area contributed by atoms with E-state index < -0.39 is 0 Å². The highest BCUT2D eigenvalue weighted by Crippen LogP contribution is 2.39. The lowest BCUT2D eigenvalue weighted by molar-refractivity contribution is 0.240. The van der Waals surface area contributed by atoms with Gasteiger partial charge in [-0.3, -0.25) is 10.00 Å². The SMILES string of the molecule is c1ccc(CN2CCC[C@H]2c2nc(C3CC3)n[nH]2)cc1. The van der Waals surface area contributed by atoms with E-state index in [0.29, 0.717) is 12.0 Å². The highest BCUT2D eigenvalue weighted by atomic mass is 15.3. The molecule has 1 saturated heterocycles. The lowest BCUT2D eigenvalue weighted by atomic mass is 10.1. The van der Waals surface area contributed by atoms with Crippen LogP contribution in [-0.2, 0) is 6.54 Å². The van der Waals surface area contributed by atoms with Gasteiger partial charge in [-0.1, -0.05) is 30.3 Å². The number of hydrogen-bond acceptors (Lipinski definition) is 3. The van der Waals surface area contributed by atoms with Crippen LogP contribution in [0.4, 0.5) is 0 Å². The third-order valence-corrected chi connectivity index (χ3v) is 4.37. The molecule has 0 bridgehead atoms. The lowest BCUT2D eigenvalue weighted by Crippen LogP contribution is -2.23. The Morgan fingerprint density at radius 3 is 2.80 bits per heavy atom. The minimum absolute atomic E-state index is 0.412. The molecule has 1 saturated carbocycles. The molecule has 0 radical (unpaired) electrons. The van der Waals surface area contributed by atoms with Crippen molar-refractivity contribution >= 4 is 0 Å². The van der Waals surface area contributed by atoms with Crippen molar-refractivity contribution in [3.63, 3.8) is 0 Å². The molecule has 0 unspecified atom stereocenters. The first-order valence-corrected chi connectivity index (χ1v) is 7.60. The van der Waals surface area contributed by atoms with Crippen LogP contribution >= 0.6 is 0 Å². The Hall–Kier alpha value is -1.68. The van der Waals surface area contributed by atoms with Crippen LogP contribution in [0.2, 0.25) is 0 Å². The van der Waals surface area contributed by atoms with Crippen LogP contribution in [0.15, 0.2) is 30.3 Å². The summed E-state index contributed by atoms with van der Waals surface area (Å²) in [6.07, 6.45) is 4.95. The zero-order valence-electron chi connectivity index (χ0n) is 11.6. The van der Waals surface area contributed by atoms with Crippen molar-refractivity contribution in [2.24, 2.45) is 0 Å². The number of rotatable bonds is 4. The molecule has 2 heterocycles. The molecule has 2 fully saturated rings. The van der Waals surface area contributed by atoms with Gasteiger partial charge in [0.15, 0.2) is 5.82 Å². The fraction of sp³-hybridized carbons (Fsp3) is 0.500. The van der Waals surface area contributed by atoms with E-state index in [1.165, 1.54) is 31.2 Å². The fourth-order valence-electron chi connectivity index (χ4n) is 3.10. The van der Waals surface area contributed by atoms with Gasteiger partial charge in [0.05, 0.1) is 6.04 Å². The summed E-state index contributed by atoms with van der Waals surface area (Å²) in [6.45, 7) is 2.16. The standard InChI is InChI=1S/C16H20N4/c1-2-5-12(6-3-1)11-20-10-4-7-14(20)16-17-15(18-19-16)13-8-9-13/h1-3,5-6,13-14H,4,7-11H2,(H,17,18,19)/t14-/m0/s1. The second kappa shape index (κ2) is 5.02. The Labute approximate surface area is 119 Å². The predicted octanol–water partition coefficient (Wildman–Crippen LogP) is 3.02. The molecule has 4 nitrogen and oxygen atoms in total. The number of benzene rings is 1. The normalized spacial score (nSPS) is 23.3. The third kappa shape index (κ3) is 2.36. The lowest BCUT2D eigenvalue weighted by Gasteiger charge is -2.22. The van der Waals surface area contributed by atoms with E-state index in [4.69, 9.17) is 4.98 Å². The molecule has 1 aliphatic carbocycles. The molecule has 2 aromatic rings. The summed E-state index contributed by atoms with van der Waals surface area (Å²) in [6, 6.07) is 11.1. The summed E-state index contributed by atoms with van der Waals surface area (Å²) in [4.78, 5) is 7.26. The molecule has 104 valence electrons. The van der Waals surface area contributed by atoms with E-state index in [2.05, 4.69) is 45.4 Å². The number of hydrogen-bond donors (Lipinski definition) is 1. The van der Waals surface area contributed by atoms with Gasteiger partial charge < -0.3 is 0 Å². The maximum atomic E-state index is 4.74. The van der Waals surface area contributed by atoms with Crippen LogP contribution < -0.4 is 0 Å². The largest absolute Gasteiger partial charge is 0.289 e. The first-order valence-electron chi connectivity index (χ1n) is 7.60. The van der Waals surface area contributed by atoms with Gasteiger partial charge in [-0.05, 0) is 37.8 Å². The molecule has 4 heteroatoms. The van der Waals surface area contributed by atoms with E-state index >= 15 is 0 Å². The van der Waals surface area contributed by atoms with Crippen molar-refractivity contribution in [1.29, 1.82) is 0 Å². The van der Waals surface area contributed by atoms with Gasteiger partial charge in [0.2, 0.25) is 0 Å². The average Bonchev–Trinajstić information content (AvgIpc) is 3.04. The monoisotopic (exact) mass is 268 g/mol. The molecule has 1 atom stereocenters. The Balaban J connectivity index is 1.51. The number of likely N-dealkylation sites (tertiary alicyclic amines) is 1. The Kier molecular flexibility index (Phi) is 3.03.